The largest absolute Gasteiger partial charge is 0.290 e. The van der Waals surface area contributed by atoms with Crippen molar-refractivity contribution in [2.45, 2.75) is 83.1 Å². The van der Waals surface area contributed by atoms with E-state index in [1.807, 2.05) is 0 Å². The third-order valence-corrected chi connectivity index (χ3v) is 13.3. The quantitative estimate of drug-likeness (QED) is 0.391. The van der Waals surface area contributed by atoms with Crippen LogP contribution in [0.4, 0.5) is 5.69 Å². The molecule has 34 heavy (non-hydrogen) atoms. The smallest absolute Gasteiger partial charge is 0.285 e. The number of hydrogen-bond acceptors (Lipinski definition) is 6. The summed E-state index contributed by atoms with van der Waals surface area (Å²) >= 11 is 0. The number of allylic oxidation sites excluding steroid dienone is 1. The zero-order valence-corrected chi connectivity index (χ0v) is 23.0. The van der Waals surface area contributed by atoms with Crippen LogP contribution < -0.4 is 4.72 Å². The number of sulfonamides is 1. The highest BCUT2D eigenvalue weighted by Gasteiger charge is 2.62. The van der Waals surface area contributed by atoms with Crippen molar-refractivity contribution in [2.75, 3.05) is 4.72 Å². The van der Waals surface area contributed by atoms with E-state index in [0.717, 1.165) is 0 Å². The van der Waals surface area contributed by atoms with Gasteiger partial charge in [0.15, 0.2) is 0 Å². The summed E-state index contributed by atoms with van der Waals surface area (Å²) in [6.45, 7) is 10.8. The number of rotatable bonds is 9. The fraction of sp³-hybridized carbons (Fsp3) is 0.636. The predicted molar refractivity (Wildman–Crippen MR) is 134 cm³/mol. The fourth-order valence-electron chi connectivity index (χ4n) is 4.89. The van der Waals surface area contributed by atoms with Crippen molar-refractivity contribution in [1.82, 2.24) is 0 Å². The molecule has 0 saturated heterocycles. The minimum atomic E-state index is -4.60. The van der Waals surface area contributed by atoms with E-state index in [4.69, 9.17) is 0 Å². The van der Waals surface area contributed by atoms with E-state index in [-0.39, 0.29) is 35.8 Å². The molecule has 0 heterocycles. The molecule has 0 fully saturated rings. The second-order valence-corrected chi connectivity index (χ2v) is 15.5. The number of benzene rings is 1. The average Bonchev–Trinajstić information content (AvgIpc) is 2.70. The van der Waals surface area contributed by atoms with Crippen molar-refractivity contribution in [1.29, 1.82) is 0 Å². The van der Waals surface area contributed by atoms with E-state index in [1.165, 1.54) is 32.9 Å². The zero-order valence-electron chi connectivity index (χ0n) is 20.6. The van der Waals surface area contributed by atoms with Gasteiger partial charge in [-0.1, -0.05) is 33.8 Å². The molecule has 0 aliphatic heterocycles. The highest BCUT2D eigenvalue weighted by molar-refractivity contribution is 7.94. The van der Waals surface area contributed by atoms with Gasteiger partial charge in [0.2, 0.25) is 10.0 Å². The topological polar surface area (TPSA) is 155 Å². The van der Waals surface area contributed by atoms with E-state index >= 15 is 0 Å². The van der Waals surface area contributed by atoms with E-state index < -0.39 is 45.2 Å². The summed E-state index contributed by atoms with van der Waals surface area (Å²) in [5.41, 5.74) is 0.140. The summed E-state index contributed by atoms with van der Waals surface area (Å²) in [5.74, 6) is -0.293. The Kier molecular flexibility index (Phi) is 7.51. The van der Waals surface area contributed by atoms with Crippen molar-refractivity contribution in [3.8, 4) is 0 Å². The van der Waals surface area contributed by atoms with Crippen LogP contribution in [-0.4, -0.2) is 43.9 Å². The molecule has 12 heteroatoms. The second kappa shape index (κ2) is 8.88. The molecule has 1 aromatic carbocycles. The van der Waals surface area contributed by atoms with Crippen LogP contribution in [0.2, 0.25) is 0 Å². The number of anilines is 1. The minimum absolute atomic E-state index is 0.0746. The van der Waals surface area contributed by atoms with Crippen LogP contribution in [0.25, 0.3) is 6.08 Å². The van der Waals surface area contributed by atoms with Crippen LogP contribution in [0.5, 0.6) is 0 Å². The molecule has 0 radical (unpaired) electrons. The Bertz CT molecular complexity index is 1310. The zero-order chi connectivity index (χ0) is 26.5. The summed E-state index contributed by atoms with van der Waals surface area (Å²) in [6, 6.07) is 4.67. The molecule has 0 bridgehead atoms. The SMILES string of the molecule is CCC(C)(C(C)(C)S(=O)(=O)O)C(C)(CC)S(=O)(=O)Nc1ccc2c(c1)C(C)CC(S(=O)(=O)O)=C2. The van der Waals surface area contributed by atoms with Crippen LogP contribution in [0.15, 0.2) is 23.1 Å². The van der Waals surface area contributed by atoms with Crippen LogP contribution in [0, 0.1) is 5.41 Å². The van der Waals surface area contributed by atoms with Crippen molar-refractivity contribution < 1.29 is 34.4 Å². The van der Waals surface area contributed by atoms with Crippen LogP contribution in [0.1, 0.15) is 84.8 Å². The number of nitrogens with one attached hydrogen (secondary N) is 1. The molecule has 0 amide bonds. The monoisotopic (exact) mass is 537 g/mol. The Morgan fingerprint density at radius 2 is 1.53 bits per heavy atom. The van der Waals surface area contributed by atoms with Gasteiger partial charge in [-0.25, -0.2) is 8.42 Å². The lowest BCUT2D eigenvalue weighted by Gasteiger charge is -2.52. The van der Waals surface area contributed by atoms with Gasteiger partial charge in [-0.2, -0.15) is 16.8 Å². The lowest BCUT2D eigenvalue weighted by atomic mass is 9.66. The van der Waals surface area contributed by atoms with Crippen molar-refractivity contribution in [3.05, 3.63) is 34.2 Å². The molecule has 3 unspecified atom stereocenters. The van der Waals surface area contributed by atoms with Gasteiger partial charge in [0.1, 0.15) is 0 Å². The Labute approximate surface area is 203 Å². The standard InChI is InChI=1S/C22H35NO8S3/c1-8-21(6,20(4,5)34(29,30)31)22(7,9-2)33(27,28)23-17-11-10-16-13-18(32(24,25)26)12-15(3)19(16)14-17/h10-11,13-15,23H,8-9,12H2,1-7H3,(H,24,25,26)(H,29,30,31). The molecule has 0 aromatic heterocycles. The molecular weight excluding hydrogens is 502 g/mol. The highest BCUT2D eigenvalue weighted by atomic mass is 32.2. The van der Waals surface area contributed by atoms with Crippen LogP contribution in [-0.2, 0) is 30.3 Å². The first-order valence-electron chi connectivity index (χ1n) is 11.0. The predicted octanol–water partition coefficient (Wildman–Crippen LogP) is 4.42. The third kappa shape index (κ3) is 4.55. The van der Waals surface area contributed by atoms with Gasteiger partial charge in [0.05, 0.1) is 14.4 Å². The lowest BCUT2D eigenvalue weighted by molar-refractivity contribution is 0.144. The fourth-order valence-corrected chi connectivity index (χ4v) is 8.66. The van der Waals surface area contributed by atoms with Crippen LogP contribution >= 0.6 is 0 Å². The maximum atomic E-state index is 13.8. The van der Waals surface area contributed by atoms with Gasteiger partial charge in [-0.05, 0) is 75.3 Å². The van der Waals surface area contributed by atoms with Crippen molar-refractivity contribution in [3.63, 3.8) is 0 Å². The van der Waals surface area contributed by atoms with Gasteiger partial charge in [0, 0.05) is 11.1 Å². The van der Waals surface area contributed by atoms with Gasteiger partial charge in [-0.15, -0.1) is 0 Å². The molecule has 9 nitrogen and oxygen atoms in total. The highest BCUT2D eigenvalue weighted by Crippen LogP contribution is 2.53. The maximum absolute atomic E-state index is 13.8. The van der Waals surface area contributed by atoms with Crippen LogP contribution in [0.3, 0.4) is 0 Å². The van der Waals surface area contributed by atoms with Gasteiger partial charge in [-0.3, -0.25) is 13.8 Å². The first kappa shape index (κ1) is 28.8. The van der Waals surface area contributed by atoms with E-state index in [0.29, 0.717) is 11.1 Å². The first-order chi connectivity index (χ1) is 15.2. The molecular formula is C22H35NO8S3. The van der Waals surface area contributed by atoms with E-state index in [2.05, 4.69) is 4.72 Å². The van der Waals surface area contributed by atoms with Gasteiger partial charge < -0.3 is 0 Å². The molecule has 2 rings (SSSR count). The maximum Gasteiger partial charge on any atom is 0.290 e. The second-order valence-electron chi connectivity index (χ2n) is 9.90. The Balaban J connectivity index is 2.59. The minimum Gasteiger partial charge on any atom is -0.285 e. The van der Waals surface area contributed by atoms with Crippen molar-refractivity contribution >= 4 is 42.0 Å². The molecule has 1 aliphatic carbocycles. The summed E-state index contributed by atoms with van der Waals surface area (Å²) in [5, 5.41) is 0. The van der Waals surface area contributed by atoms with Gasteiger partial charge >= 0.3 is 0 Å². The summed E-state index contributed by atoms with van der Waals surface area (Å²) < 4.78 is 93.7. The molecule has 1 aromatic rings. The van der Waals surface area contributed by atoms with Crippen molar-refractivity contribution in [2.24, 2.45) is 5.41 Å². The Morgan fingerprint density at radius 1 is 0.971 bits per heavy atom. The first-order valence-corrected chi connectivity index (χ1v) is 15.4. The normalized spacial score (nSPS) is 21.1. The van der Waals surface area contributed by atoms with E-state index in [9.17, 15) is 34.4 Å². The average molecular weight is 538 g/mol. The lowest BCUT2D eigenvalue weighted by Crippen LogP contribution is -2.63. The molecule has 3 N–H and O–H groups in total. The van der Waals surface area contributed by atoms with E-state index in [1.54, 1.807) is 39.8 Å². The Morgan fingerprint density at radius 3 is 1.97 bits per heavy atom. The summed E-state index contributed by atoms with van der Waals surface area (Å²) in [6.07, 6.45) is 1.68. The molecule has 1 aliphatic rings. The molecule has 3 atom stereocenters. The molecule has 194 valence electrons. The summed E-state index contributed by atoms with van der Waals surface area (Å²) in [7, 11) is -13.1. The molecule has 0 saturated carbocycles. The number of hydrogen-bond donors (Lipinski definition) is 3. The van der Waals surface area contributed by atoms with Gasteiger partial charge in [0.25, 0.3) is 20.2 Å². The Hall–Kier alpha value is -1.47. The number of fused-ring (bicyclic) bond motifs is 1. The molecule has 0 spiro atoms. The third-order valence-electron chi connectivity index (χ3n) is 8.14. The summed E-state index contributed by atoms with van der Waals surface area (Å²) in [4.78, 5) is -0.106.